The summed E-state index contributed by atoms with van der Waals surface area (Å²) in [4.78, 5) is 12.3. The third kappa shape index (κ3) is 2.32. The minimum absolute atomic E-state index is 0.0654. The molecular weight excluding hydrogens is 258 g/mol. The van der Waals surface area contributed by atoms with E-state index in [-0.39, 0.29) is 18.1 Å². The maximum atomic E-state index is 12.3. The highest BCUT2D eigenvalue weighted by atomic mass is 16.5. The molecule has 7 heteroatoms. The number of hydrogen-bond acceptors (Lipinski definition) is 4. The first kappa shape index (κ1) is 12.9. The normalized spacial score (nSPS) is 22.1. The number of aromatic nitrogens is 4. The van der Waals surface area contributed by atoms with Crippen molar-refractivity contribution >= 4 is 5.91 Å². The van der Waals surface area contributed by atoms with Gasteiger partial charge in [0.2, 0.25) is 0 Å². The first-order chi connectivity index (χ1) is 9.65. The smallest absolute Gasteiger partial charge is 0.272 e. The van der Waals surface area contributed by atoms with Gasteiger partial charge in [0.1, 0.15) is 6.10 Å². The van der Waals surface area contributed by atoms with Crippen molar-refractivity contribution in [1.82, 2.24) is 25.3 Å². The Kier molecular flexibility index (Phi) is 3.27. The molecule has 106 valence electrons. The first-order valence-electron chi connectivity index (χ1n) is 6.57. The molecule has 3 rings (SSSR count). The number of nitrogens with one attached hydrogen (secondary N) is 2. The molecule has 0 radical (unpaired) electrons. The van der Waals surface area contributed by atoms with Crippen LogP contribution in [0.3, 0.4) is 0 Å². The molecule has 0 bridgehead atoms. The zero-order valence-electron chi connectivity index (χ0n) is 11.5. The number of carbonyl (C=O) groups excluding carboxylic acids is 1. The Bertz CT molecular complexity index is 604. The van der Waals surface area contributed by atoms with Crippen LogP contribution < -0.4 is 5.32 Å². The minimum Gasteiger partial charge on any atom is -0.370 e. The molecule has 0 aromatic carbocycles. The van der Waals surface area contributed by atoms with E-state index in [9.17, 15) is 4.79 Å². The lowest BCUT2D eigenvalue weighted by Crippen LogP contribution is -2.37. The average molecular weight is 275 g/mol. The average Bonchev–Trinajstić information content (AvgIpc) is 3.09. The molecule has 1 aliphatic rings. The topological polar surface area (TPSA) is 84.8 Å². The summed E-state index contributed by atoms with van der Waals surface area (Å²) >= 11 is 0. The fraction of sp³-hybridized carbons (Fsp3) is 0.462. The second-order valence-electron chi connectivity index (χ2n) is 5.01. The molecule has 1 amide bonds. The summed E-state index contributed by atoms with van der Waals surface area (Å²) in [6, 6.07) is 1.80. The Hall–Kier alpha value is -2.15. The van der Waals surface area contributed by atoms with Gasteiger partial charge in [-0.15, -0.1) is 0 Å². The summed E-state index contributed by atoms with van der Waals surface area (Å²) in [7, 11) is 1.80. The van der Waals surface area contributed by atoms with Crippen LogP contribution in [0, 0.1) is 6.92 Å². The lowest BCUT2D eigenvalue weighted by Gasteiger charge is -2.18. The molecule has 3 heterocycles. The maximum absolute atomic E-state index is 12.3. The second kappa shape index (κ2) is 5.09. The number of H-pyrrole nitrogens is 1. The van der Waals surface area contributed by atoms with Gasteiger partial charge in [0.05, 0.1) is 11.7 Å². The summed E-state index contributed by atoms with van der Waals surface area (Å²) in [5, 5.41) is 14.0. The molecular formula is C13H17N5O2. The lowest BCUT2D eigenvalue weighted by atomic mass is 10.1. The molecule has 0 saturated carbocycles. The maximum Gasteiger partial charge on any atom is 0.272 e. The largest absolute Gasteiger partial charge is 0.370 e. The third-order valence-corrected chi connectivity index (χ3v) is 3.46. The highest BCUT2D eigenvalue weighted by molar-refractivity contribution is 5.93. The molecule has 2 atom stereocenters. The number of nitrogens with zero attached hydrogens (tertiary/aromatic N) is 3. The van der Waals surface area contributed by atoms with Gasteiger partial charge in [-0.3, -0.25) is 14.6 Å². The molecule has 0 spiro atoms. The molecule has 1 saturated heterocycles. The standard InChI is InChI=1S/C13H17N5O2/c1-8-7-18(2)17-11(8)13(19)15-9-4-6-20-12(9)10-3-5-14-16-10/h3,5,7,9,12H,4,6H2,1-2H3,(H,14,16)(H,15,19)/t9-,12-/m0/s1. The zero-order chi connectivity index (χ0) is 14.1. The van der Waals surface area contributed by atoms with Crippen molar-refractivity contribution in [3.8, 4) is 0 Å². The second-order valence-corrected chi connectivity index (χ2v) is 5.01. The minimum atomic E-state index is -0.175. The van der Waals surface area contributed by atoms with Crippen LogP contribution in [0.15, 0.2) is 18.5 Å². The summed E-state index contributed by atoms with van der Waals surface area (Å²) in [6.07, 6.45) is 4.11. The van der Waals surface area contributed by atoms with Crippen LogP contribution in [0.25, 0.3) is 0 Å². The number of hydrogen-bond donors (Lipinski definition) is 2. The van der Waals surface area contributed by atoms with Gasteiger partial charge < -0.3 is 10.1 Å². The van der Waals surface area contributed by atoms with Gasteiger partial charge >= 0.3 is 0 Å². The number of aryl methyl sites for hydroxylation is 2. The fourth-order valence-electron chi connectivity index (χ4n) is 2.54. The molecule has 0 aliphatic carbocycles. The molecule has 1 aliphatic heterocycles. The van der Waals surface area contributed by atoms with Gasteiger partial charge in [-0.2, -0.15) is 10.2 Å². The van der Waals surface area contributed by atoms with Crippen LogP contribution in [-0.2, 0) is 11.8 Å². The number of ether oxygens (including phenoxy) is 1. The number of rotatable bonds is 3. The molecule has 7 nitrogen and oxygen atoms in total. The van der Waals surface area contributed by atoms with Crippen LogP contribution in [0.4, 0.5) is 0 Å². The zero-order valence-corrected chi connectivity index (χ0v) is 11.5. The third-order valence-electron chi connectivity index (χ3n) is 3.46. The van der Waals surface area contributed by atoms with Crippen molar-refractivity contribution in [2.24, 2.45) is 7.05 Å². The number of aromatic amines is 1. The van der Waals surface area contributed by atoms with Crippen LogP contribution >= 0.6 is 0 Å². The highest BCUT2D eigenvalue weighted by Crippen LogP contribution is 2.27. The fourth-order valence-corrected chi connectivity index (χ4v) is 2.54. The van der Waals surface area contributed by atoms with Crippen LogP contribution in [-0.4, -0.2) is 38.5 Å². The van der Waals surface area contributed by atoms with Crippen molar-refractivity contribution in [3.05, 3.63) is 35.4 Å². The van der Waals surface area contributed by atoms with Gasteiger partial charge in [-0.25, -0.2) is 0 Å². The summed E-state index contributed by atoms with van der Waals surface area (Å²) in [6.45, 7) is 2.50. The molecule has 2 N–H and O–H groups in total. The van der Waals surface area contributed by atoms with E-state index in [1.807, 2.05) is 19.2 Å². The van der Waals surface area contributed by atoms with Crippen LogP contribution in [0.5, 0.6) is 0 Å². The molecule has 20 heavy (non-hydrogen) atoms. The van der Waals surface area contributed by atoms with Gasteiger partial charge in [-0.05, 0) is 19.4 Å². The van der Waals surface area contributed by atoms with Crippen LogP contribution in [0.2, 0.25) is 0 Å². The van der Waals surface area contributed by atoms with Crippen molar-refractivity contribution in [3.63, 3.8) is 0 Å². The predicted molar refractivity (Wildman–Crippen MR) is 71.1 cm³/mol. The van der Waals surface area contributed by atoms with E-state index < -0.39 is 0 Å². The van der Waals surface area contributed by atoms with E-state index in [0.717, 1.165) is 17.7 Å². The highest BCUT2D eigenvalue weighted by Gasteiger charge is 2.32. The van der Waals surface area contributed by atoms with Crippen molar-refractivity contribution in [2.75, 3.05) is 6.61 Å². The predicted octanol–water partition coefficient (Wildman–Crippen LogP) is 0.712. The van der Waals surface area contributed by atoms with E-state index in [1.165, 1.54) is 0 Å². The Morgan fingerprint density at radius 2 is 2.45 bits per heavy atom. The van der Waals surface area contributed by atoms with Crippen LogP contribution in [0.1, 0.15) is 34.3 Å². The van der Waals surface area contributed by atoms with Gasteiger partial charge in [0, 0.05) is 31.6 Å². The van der Waals surface area contributed by atoms with Gasteiger partial charge in [-0.1, -0.05) is 0 Å². The van der Waals surface area contributed by atoms with E-state index in [1.54, 1.807) is 17.9 Å². The SMILES string of the molecule is Cc1cn(C)nc1C(=O)N[C@H]1CCO[C@@H]1c1ccn[nH]1. The van der Waals surface area contributed by atoms with Crippen molar-refractivity contribution in [2.45, 2.75) is 25.5 Å². The van der Waals surface area contributed by atoms with E-state index in [2.05, 4.69) is 20.6 Å². The van der Waals surface area contributed by atoms with Gasteiger partial charge in [0.25, 0.3) is 5.91 Å². The van der Waals surface area contributed by atoms with E-state index in [4.69, 9.17) is 4.74 Å². The summed E-state index contributed by atoms with van der Waals surface area (Å²) < 4.78 is 7.31. The Labute approximate surface area is 116 Å². The monoisotopic (exact) mass is 275 g/mol. The van der Waals surface area contributed by atoms with E-state index >= 15 is 0 Å². The molecule has 2 aromatic heterocycles. The quantitative estimate of drug-likeness (QED) is 0.864. The Morgan fingerprint density at radius 3 is 3.10 bits per heavy atom. The number of amides is 1. The first-order valence-corrected chi connectivity index (χ1v) is 6.57. The van der Waals surface area contributed by atoms with Crippen molar-refractivity contribution in [1.29, 1.82) is 0 Å². The number of carbonyl (C=O) groups is 1. The summed E-state index contributed by atoms with van der Waals surface area (Å²) in [5.41, 5.74) is 2.20. The molecule has 2 aromatic rings. The van der Waals surface area contributed by atoms with Crippen molar-refractivity contribution < 1.29 is 9.53 Å². The van der Waals surface area contributed by atoms with Gasteiger partial charge in [0.15, 0.2) is 5.69 Å². The molecule has 0 unspecified atom stereocenters. The van der Waals surface area contributed by atoms with E-state index in [0.29, 0.717) is 12.3 Å². The summed E-state index contributed by atoms with van der Waals surface area (Å²) in [5.74, 6) is -0.164. The Balaban J connectivity index is 1.74. The lowest BCUT2D eigenvalue weighted by molar-refractivity contribution is 0.0803. The molecule has 1 fully saturated rings. The Morgan fingerprint density at radius 1 is 1.60 bits per heavy atom.